The van der Waals surface area contributed by atoms with E-state index in [1.165, 1.54) is 0 Å². The molecule has 2 rings (SSSR count). The lowest BCUT2D eigenvalue weighted by Gasteiger charge is -2.40. The van der Waals surface area contributed by atoms with E-state index in [1.54, 1.807) is 24.3 Å². The summed E-state index contributed by atoms with van der Waals surface area (Å²) in [4.78, 5) is 10.7. The van der Waals surface area contributed by atoms with Gasteiger partial charge in [-0.05, 0) is 24.1 Å². The van der Waals surface area contributed by atoms with Crippen molar-refractivity contribution in [1.29, 1.82) is 0 Å². The largest absolute Gasteiger partial charge is 0.480 e. The smallest absolute Gasteiger partial charge is 0.320 e. The zero-order chi connectivity index (χ0) is 17.9. The number of carbonyl (C=O) groups is 1. The van der Waals surface area contributed by atoms with Crippen molar-refractivity contribution in [2.24, 2.45) is 5.73 Å². The molecule has 9 heteroatoms. The van der Waals surface area contributed by atoms with Gasteiger partial charge in [0, 0.05) is 5.69 Å². The molecule has 1 fully saturated rings. The molecule has 134 valence electrons. The molecule has 9 nitrogen and oxygen atoms in total. The quantitative estimate of drug-likeness (QED) is 0.305. The van der Waals surface area contributed by atoms with Crippen LogP contribution < -0.4 is 11.1 Å². The van der Waals surface area contributed by atoms with Crippen LogP contribution in [0.1, 0.15) is 5.56 Å². The van der Waals surface area contributed by atoms with Crippen molar-refractivity contribution < 1.29 is 35.1 Å². The molecule has 1 aromatic rings. The van der Waals surface area contributed by atoms with Gasteiger partial charge < -0.3 is 41.3 Å². The van der Waals surface area contributed by atoms with E-state index < -0.39 is 49.3 Å². The second-order valence-electron chi connectivity index (χ2n) is 5.74. The van der Waals surface area contributed by atoms with Crippen LogP contribution in [0.4, 0.5) is 5.69 Å². The maximum absolute atomic E-state index is 10.7. The average Bonchev–Trinajstić information content (AvgIpc) is 2.56. The lowest BCUT2D eigenvalue weighted by molar-refractivity contribution is -0.221. The standard InChI is InChI=1S/C15H22N2O7/c16-9(15(22)23)5-7-1-3-8(4-2-7)17-14-13(21)12(20)11(19)10(6-18)24-14/h1-4,9-14,17-21H,5-6,16H2,(H,22,23)/t9?,10-,11-,12+,13-,14-/m1/s1. The molecule has 8 N–H and O–H groups in total. The van der Waals surface area contributed by atoms with Gasteiger partial charge in [0.1, 0.15) is 30.5 Å². The number of aliphatic hydroxyl groups is 4. The molecule has 0 amide bonds. The topological polar surface area (TPSA) is 166 Å². The summed E-state index contributed by atoms with van der Waals surface area (Å²) in [5.74, 6) is -1.08. The van der Waals surface area contributed by atoms with Gasteiger partial charge in [-0.1, -0.05) is 12.1 Å². The van der Waals surface area contributed by atoms with Gasteiger partial charge in [-0.25, -0.2) is 0 Å². The van der Waals surface area contributed by atoms with Crippen molar-refractivity contribution in [3.05, 3.63) is 29.8 Å². The minimum absolute atomic E-state index is 0.176. The third-order valence-electron chi connectivity index (χ3n) is 3.93. The van der Waals surface area contributed by atoms with Gasteiger partial charge >= 0.3 is 5.97 Å². The predicted octanol–water partition coefficient (Wildman–Crippen LogP) is -2.15. The van der Waals surface area contributed by atoms with Crippen LogP contribution >= 0.6 is 0 Å². The molecule has 0 bridgehead atoms. The Morgan fingerprint density at radius 3 is 2.33 bits per heavy atom. The van der Waals surface area contributed by atoms with E-state index in [0.29, 0.717) is 5.69 Å². The molecule has 1 aliphatic heterocycles. The number of carboxylic acids is 1. The molecular weight excluding hydrogens is 320 g/mol. The summed E-state index contributed by atoms with van der Waals surface area (Å²) in [5.41, 5.74) is 6.74. The first-order valence-corrected chi connectivity index (χ1v) is 7.48. The Labute approximate surface area is 138 Å². The summed E-state index contributed by atoms with van der Waals surface area (Å²) in [6.45, 7) is -0.505. The van der Waals surface area contributed by atoms with E-state index in [4.69, 9.17) is 20.7 Å². The second kappa shape index (κ2) is 7.88. The molecule has 1 aromatic carbocycles. The minimum atomic E-state index is -1.46. The Balaban J connectivity index is 2.01. The summed E-state index contributed by atoms with van der Waals surface area (Å²) < 4.78 is 5.34. The lowest BCUT2D eigenvalue weighted by atomic mass is 9.98. The number of benzene rings is 1. The molecule has 0 aliphatic carbocycles. The van der Waals surface area contributed by atoms with Crippen LogP contribution in [-0.4, -0.2) is 74.8 Å². The van der Waals surface area contributed by atoms with Crippen LogP contribution in [0, 0.1) is 0 Å². The second-order valence-corrected chi connectivity index (χ2v) is 5.74. The van der Waals surface area contributed by atoms with Crippen LogP contribution in [-0.2, 0) is 16.0 Å². The van der Waals surface area contributed by atoms with Gasteiger partial charge in [-0.15, -0.1) is 0 Å². The summed E-state index contributed by atoms with van der Waals surface area (Å²) in [6, 6.07) is 5.65. The lowest BCUT2D eigenvalue weighted by Crippen LogP contribution is -2.60. The SMILES string of the molecule is NC(Cc1ccc(N[C@@H]2O[C@H](CO)[C@@H](O)[C@H](O)[C@H]2O)cc1)C(=O)O. The normalized spacial score (nSPS) is 31.5. The highest BCUT2D eigenvalue weighted by Crippen LogP contribution is 2.23. The molecule has 1 saturated heterocycles. The molecule has 0 aromatic heterocycles. The molecule has 1 unspecified atom stereocenters. The highest BCUT2D eigenvalue weighted by molar-refractivity contribution is 5.73. The van der Waals surface area contributed by atoms with E-state index in [1.807, 2.05) is 0 Å². The van der Waals surface area contributed by atoms with Crippen LogP contribution in [0.3, 0.4) is 0 Å². The number of hydrogen-bond acceptors (Lipinski definition) is 8. The van der Waals surface area contributed by atoms with Crippen molar-refractivity contribution in [1.82, 2.24) is 0 Å². The molecular formula is C15H22N2O7. The highest BCUT2D eigenvalue weighted by atomic mass is 16.6. The van der Waals surface area contributed by atoms with Gasteiger partial charge in [0.15, 0.2) is 6.23 Å². The molecule has 6 atom stereocenters. The number of aliphatic hydroxyl groups excluding tert-OH is 4. The highest BCUT2D eigenvalue weighted by Gasteiger charge is 2.43. The van der Waals surface area contributed by atoms with E-state index in [9.17, 15) is 20.1 Å². The Morgan fingerprint density at radius 1 is 1.17 bits per heavy atom. The summed E-state index contributed by atoms with van der Waals surface area (Å²) in [5, 5.41) is 50.2. The molecule has 1 heterocycles. The summed E-state index contributed by atoms with van der Waals surface area (Å²) in [6.07, 6.45) is -6.09. The summed E-state index contributed by atoms with van der Waals surface area (Å²) in [7, 11) is 0. The van der Waals surface area contributed by atoms with Gasteiger partial charge in [-0.2, -0.15) is 0 Å². The van der Waals surface area contributed by atoms with Gasteiger partial charge in [0.2, 0.25) is 0 Å². The zero-order valence-corrected chi connectivity index (χ0v) is 12.8. The number of carboxylic acid groups (broad SMARTS) is 1. The van der Waals surface area contributed by atoms with Gasteiger partial charge in [-0.3, -0.25) is 4.79 Å². The molecule has 0 spiro atoms. The fourth-order valence-corrected chi connectivity index (χ4v) is 2.46. The third-order valence-corrected chi connectivity index (χ3v) is 3.93. The maximum Gasteiger partial charge on any atom is 0.320 e. The zero-order valence-electron chi connectivity index (χ0n) is 12.8. The van der Waals surface area contributed by atoms with Crippen molar-refractivity contribution >= 4 is 11.7 Å². The van der Waals surface area contributed by atoms with Crippen molar-refractivity contribution in [3.63, 3.8) is 0 Å². The maximum atomic E-state index is 10.7. The van der Waals surface area contributed by atoms with E-state index >= 15 is 0 Å². The number of ether oxygens (including phenoxy) is 1. The number of nitrogens with two attached hydrogens (primary N) is 1. The van der Waals surface area contributed by atoms with Crippen LogP contribution in [0.25, 0.3) is 0 Å². The fraction of sp³-hybridized carbons (Fsp3) is 0.533. The Bertz CT molecular complexity index is 551. The monoisotopic (exact) mass is 342 g/mol. The van der Waals surface area contributed by atoms with Crippen LogP contribution in [0.5, 0.6) is 0 Å². The Morgan fingerprint density at radius 2 is 1.79 bits per heavy atom. The fourth-order valence-electron chi connectivity index (χ4n) is 2.46. The Hall–Kier alpha value is -1.75. The number of nitrogens with one attached hydrogen (secondary N) is 1. The van der Waals surface area contributed by atoms with Crippen molar-refractivity contribution in [2.75, 3.05) is 11.9 Å². The number of anilines is 1. The first-order chi connectivity index (χ1) is 11.3. The van der Waals surface area contributed by atoms with Crippen LogP contribution in [0.2, 0.25) is 0 Å². The van der Waals surface area contributed by atoms with E-state index in [0.717, 1.165) is 5.56 Å². The minimum Gasteiger partial charge on any atom is -0.480 e. The number of hydrogen-bond donors (Lipinski definition) is 7. The van der Waals surface area contributed by atoms with Crippen LogP contribution in [0.15, 0.2) is 24.3 Å². The number of aliphatic carboxylic acids is 1. The molecule has 1 aliphatic rings. The first-order valence-electron chi connectivity index (χ1n) is 7.48. The van der Waals surface area contributed by atoms with Crippen molar-refractivity contribution in [2.45, 2.75) is 43.1 Å². The molecule has 24 heavy (non-hydrogen) atoms. The molecule has 0 saturated carbocycles. The Kier molecular flexibility index (Phi) is 6.10. The predicted molar refractivity (Wildman–Crippen MR) is 83.1 cm³/mol. The van der Waals surface area contributed by atoms with E-state index in [-0.39, 0.29) is 6.42 Å². The number of rotatable bonds is 6. The van der Waals surface area contributed by atoms with E-state index in [2.05, 4.69) is 5.32 Å². The van der Waals surface area contributed by atoms with Gasteiger partial charge in [0.05, 0.1) is 6.61 Å². The molecule has 0 radical (unpaired) electrons. The summed E-state index contributed by atoms with van der Waals surface area (Å²) >= 11 is 0. The van der Waals surface area contributed by atoms with Gasteiger partial charge in [0.25, 0.3) is 0 Å². The third kappa shape index (κ3) is 4.20. The average molecular weight is 342 g/mol. The van der Waals surface area contributed by atoms with Crippen molar-refractivity contribution in [3.8, 4) is 0 Å². The first kappa shape index (κ1) is 18.6.